The zero-order valence-corrected chi connectivity index (χ0v) is 11.8. The molecule has 0 spiro atoms. The summed E-state index contributed by atoms with van der Waals surface area (Å²) in [7, 11) is 0. The van der Waals surface area contributed by atoms with Crippen molar-refractivity contribution in [2.24, 2.45) is 0 Å². The van der Waals surface area contributed by atoms with Crippen molar-refractivity contribution in [1.29, 1.82) is 0 Å². The lowest BCUT2D eigenvalue weighted by Gasteiger charge is -2.10. The maximum atomic E-state index is 12.2. The van der Waals surface area contributed by atoms with Crippen LogP contribution >= 0.6 is 0 Å². The number of amides is 1. The highest BCUT2D eigenvalue weighted by atomic mass is 16.5. The fourth-order valence-electron chi connectivity index (χ4n) is 3.10. The predicted octanol–water partition coefficient (Wildman–Crippen LogP) is 1.75. The molecule has 1 aromatic heterocycles. The lowest BCUT2D eigenvalue weighted by molar-refractivity contribution is 0.0853. The average Bonchev–Trinajstić information content (AvgIpc) is 3.05. The van der Waals surface area contributed by atoms with Gasteiger partial charge in [-0.3, -0.25) is 9.59 Å². The Morgan fingerprint density at radius 1 is 1.40 bits per heavy atom. The third-order valence-electron chi connectivity index (χ3n) is 4.18. The third kappa shape index (κ3) is 2.38. The van der Waals surface area contributed by atoms with Crippen molar-refractivity contribution in [2.45, 2.75) is 45.1 Å². The first-order valence-corrected chi connectivity index (χ1v) is 7.31. The maximum Gasteiger partial charge on any atom is 0.268 e. The molecule has 0 radical (unpaired) electrons. The SMILES string of the molecule is Cc1c(C(=O)NC[C@@H]2CCCO2)[nH]c2c1C(=O)CCC2. The summed E-state index contributed by atoms with van der Waals surface area (Å²) in [5.41, 5.74) is 2.97. The lowest BCUT2D eigenvalue weighted by atomic mass is 9.94. The Morgan fingerprint density at radius 2 is 2.25 bits per heavy atom. The number of Topliss-reactive ketones (excluding diaryl/α,β-unsaturated/α-hetero) is 1. The molecule has 0 saturated carbocycles. The van der Waals surface area contributed by atoms with Crippen LogP contribution in [0.4, 0.5) is 0 Å². The minimum atomic E-state index is -0.139. The van der Waals surface area contributed by atoms with Gasteiger partial charge in [-0.2, -0.15) is 0 Å². The van der Waals surface area contributed by atoms with Crippen molar-refractivity contribution in [3.8, 4) is 0 Å². The summed E-state index contributed by atoms with van der Waals surface area (Å²) in [4.78, 5) is 27.3. The van der Waals surface area contributed by atoms with Crippen molar-refractivity contribution in [3.05, 3.63) is 22.5 Å². The molecular weight excluding hydrogens is 256 g/mol. The van der Waals surface area contributed by atoms with Gasteiger partial charge in [0.25, 0.3) is 5.91 Å². The predicted molar refractivity (Wildman–Crippen MR) is 74.1 cm³/mol. The molecule has 1 aliphatic heterocycles. The maximum absolute atomic E-state index is 12.2. The number of hydrogen-bond acceptors (Lipinski definition) is 3. The molecular formula is C15H20N2O3. The van der Waals surface area contributed by atoms with Crippen LogP contribution in [0.15, 0.2) is 0 Å². The van der Waals surface area contributed by atoms with Gasteiger partial charge in [0, 0.05) is 30.8 Å². The van der Waals surface area contributed by atoms with Crippen LogP contribution in [0.25, 0.3) is 0 Å². The van der Waals surface area contributed by atoms with Gasteiger partial charge >= 0.3 is 0 Å². The van der Waals surface area contributed by atoms with Crippen molar-refractivity contribution in [2.75, 3.05) is 13.2 Å². The quantitative estimate of drug-likeness (QED) is 0.883. The largest absolute Gasteiger partial charge is 0.376 e. The second-order valence-corrected chi connectivity index (χ2v) is 5.60. The summed E-state index contributed by atoms with van der Waals surface area (Å²) in [6.45, 7) is 3.17. The van der Waals surface area contributed by atoms with Crippen molar-refractivity contribution in [3.63, 3.8) is 0 Å². The zero-order valence-electron chi connectivity index (χ0n) is 11.8. The molecule has 5 nitrogen and oxygen atoms in total. The molecule has 0 aromatic carbocycles. The second kappa shape index (κ2) is 5.40. The van der Waals surface area contributed by atoms with Gasteiger partial charge in [-0.25, -0.2) is 0 Å². The standard InChI is InChI=1S/C15H20N2O3/c1-9-13-11(5-2-6-12(13)18)17-14(9)15(19)16-8-10-4-3-7-20-10/h10,17H,2-8H2,1H3,(H,16,19)/t10-/m0/s1. The fourth-order valence-corrected chi connectivity index (χ4v) is 3.10. The van der Waals surface area contributed by atoms with Gasteiger partial charge in [0.1, 0.15) is 5.69 Å². The van der Waals surface area contributed by atoms with Gasteiger partial charge in [0.15, 0.2) is 5.78 Å². The molecule has 2 aliphatic rings. The van der Waals surface area contributed by atoms with Crippen LogP contribution in [0.3, 0.4) is 0 Å². The van der Waals surface area contributed by atoms with Crippen LogP contribution in [0.1, 0.15) is 57.8 Å². The van der Waals surface area contributed by atoms with E-state index in [1.807, 2.05) is 6.92 Å². The molecule has 1 saturated heterocycles. The smallest absolute Gasteiger partial charge is 0.268 e. The van der Waals surface area contributed by atoms with Gasteiger partial charge < -0.3 is 15.0 Å². The van der Waals surface area contributed by atoms with Crippen LogP contribution in [0.5, 0.6) is 0 Å². The molecule has 0 unspecified atom stereocenters. The van der Waals surface area contributed by atoms with Gasteiger partial charge in [-0.15, -0.1) is 0 Å². The summed E-state index contributed by atoms with van der Waals surface area (Å²) in [5, 5.41) is 2.90. The summed E-state index contributed by atoms with van der Waals surface area (Å²) in [6.07, 6.45) is 4.49. The molecule has 1 aliphatic carbocycles. The van der Waals surface area contributed by atoms with Crippen LogP contribution in [-0.4, -0.2) is 35.9 Å². The highest BCUT2D eigenvalue weighted by Crippen LogP contribution is 2.26. The number of aryl methyl sites for hydroxylation is 1. The lowest BCUT2D eigenvalue weighted by Crippen LogP contribution is -2.32. The Morgan fingerprint density at radius 3 is 2.95 bits per heavy atom. The van der Waals surface area contributed by atoms with Crippen molar-refractivity contribution in [1.82, 2.24) is 10.3 Å². The number of aromatic nitrogens is 1. The van der Waals surface area contributed by atoms with E-state index >= 15 is 0 Å². The number of ketones is 1. The van der Waals surface area contributed by atoms with Crippen LogP contribution < -0.4 is 5.32 Å². The number of ether oxygens (including phenoxy) is 1. The number of carbonyl (C=O) groups is 2. The molecule has 1 amide bonds. The van der Waals surface area contributed by atoms with E-state index in [9.17, 15) is 9.59 Å². The Kier molecular flexibility index (Phi) is 3.61. The van der Waals surface area contributed by atoms with Gasteiger partial charge in [0.2, 0.25) is 0 Å². The Balaban J connectivity index is 1.73. The minimum Gasteiger partial charge on any atom is -0.376 e. The molecule has 0 bridgehead atoms. The first-order chi connectivity index (χ1) is 9.66. The fraction of sp³-hybridized carbons (Fsp3) is 0.600. The molecule has 1 aromatic rings. The molecule has 1 atom stereocenters. The Labute approximate surface area is 118 Å². The van der Waals surface area contributed by atoms with E-state index in [2.05, 4.69) is 10.3 Å². The normalized spacial score (nSPS) is 21.9. The molecule has 20 heavy (non-hydrogen) atoms. The molecule has 1 fully saturated rings. The first-order valence-electron chi connectivity index (χ1n) is 7.31. The van der Waals surface area contributed by atoms with E-state index in [4.69, 9.17) is 4.74 Å². The van der Waals surface area contributed by atoms with Gasteiger partial charge in [-0.1, -0.05) is 0 Å². The van der Waals surface area contributed by atoms with Crippen LogP contribution in [-0.2, 0) is 11.2 Å². The monoisotopic (exact) mass is 276 g/mol. The molecule has 2 heterocycles. The highest BCUT2D eigenvalue weighted by molar-refractivity contribution is 6.04. The molecule has 5 heteroatoms. The van der Waals surface area contributed by atoms with E-state index < -0.39 is 0 Å². The number of aromatic amines is 1. The number of H-pyrrole nitrogens is 1. The number of hydrogen-bond donors (Lipinski definition) is 2. The topological polar surface area (TPSA) is 71.2 Å². The van der Waals surface area contributed by atoms with Crippen LogP contribution in [0.2, 0.25) is 0 Å². The summed E-state index contributed by atoms with van der Waals surface area (Å²) < 4.78 is 5.49. The van der Waals surface area contributed by atoms with Gasteiger partial charge in [-0.05, 0) is 38.2 Å². The average molecular weight is 276 g/mol. The summed E-state index contributed by atoms with van der Waals surface area (Å²) in [5.74, 6) is 0.0124. The number of fused-ring (bicyclic) bond motifs is 1. The van der Waals surface area contributed by atoms with Crippen molar-refractivity contribution < 1.29 is 14.3 Å². The molecule has 3 rings (SSSR count). The minimum absolute atomic E-state index is 0.130. The van der Waals surface area contributed by atoms with E-state index in [-0.39, 0.29) is 17.8 Å². The second-order valence-electron chi connectivity index (χ2n) is 5.60. The number of nitrogens with one attached hydrogen (secondary N) is 2. The number of rotatable bonds is 3. The van der Waals surface area contributed by atoms with E-state index in [1.54, 1.807) is 0 Å². The Hall–Kier alpha value is -1.62. The molecule has 108 valence electrons. The van der Waals surface area contributed by atoms with Gasteiger partial charge in [0.05, 0.1) is 6.10 Å². The van der Waals surface area contributed by atoms with E-state index in [1.165, 1.54) is 0 Å². The van der Waals surface area contributed by atoms with E-state index in [0.717, 1.165) is 49.1 Å². The summed E-state index contributed by atoms with van der Waals surface area (Å²) >= 11 is 0. The zero-order chi connectivity index (χ0) is 14.1. The Bertz CT molecular complexity index is 542. The highest BCUT2D eigenvalue weighted by Gasteiger charge is 2.26. The van der Waals surface area contributed by atoms with Crippen LogP contribution in [0, 0.1) is 6.92 Å². The van der Waals surface area contributed by atoms with E-state index in [0.29, 0.717) is 18.7 Å². The summed E-state index contributed by atoms with van der Waals surface area (Å²) in [6, 6.07) is 0. The van der Waals surface area contributed by atoms with Crippen molar-refractivity contribution >= 4 is 11.7 Å². The number of carbonyl (C=O) groups excluding carboxylic acids is 2. The first kappa shape index (κ1) is 13.4. The molecule has 2 N–H and O–H groups in total. The third-order valence-corrected chi connectivity index (χ3v) is 4.18.